The number of fused-ring (bicyclic) bond motifs is 2. The molecule has 0 amide bonds. The number of nitrogens with zero attached hydrogens (tertiary/aromatic N) is 3. The first-order chi connectivity index (χ1) is 9.31. The molecule has 1 aromatic carbocycles. The zero-order valence-electron chi connectivity index (χ0n) is 9.95. The summed E-state index contributed by atoms with van der Waals surface area (Å²) in [6, 6.07) is 6.96. The number of aromatic nitrogens is 3. The molecule has 19 heavy (non-hydrogen) atoms. The van der Waals surface area contributed by atoms with E-state index in [-0.39, 0.29) is 5.82 Å². The maximum absolute atomic E-state index is 13.6. The van der Waals surface area contributed by atoms with Crippen molar-refractivity contribution < 1.29 is 4.39 Å². The molecule has 0 bridgehead atoms. The molecule has 0 saturated heterocycles. The van der Waals surface area contributed by atoms with Crippen molar-refractivity contribution in [1.82, 2.24) is 14.0 Å². The van der Waals surface area contributed by atoms with Crippen molar-refractivity contribution in [2.24, 2.45) is 0 Å². The van der Waals surface area contributed by atoms with Gasteiger partial charge in [0.15, 0.2) is 4.96 Å². The van der Waals surface area contributed by atoms with Crippen LogP contribution in [0.5, 0.6) is 0 Å². The van der Waals surface area contributed by atoms with Crippen molar-refractivity contribution in [3.05, 3.63) is 59.7 Å². The maximum Gasteiger partial charge on any atom is 0.193 e. The fourth-order valence-electron chi connectivity index (χ4n) is 2.35. The Labute approximate surface area is 112 Å². The van der Waals surface area contributed by atoms with Crippen LogP contribution in [-0.4, -0.2) is 14.0 Å². The van der Waals surface area contributed by atoms with Gasteiger partial charge in [-0.15, -0.1) is 11.3 Å². The van der Waals surface area contributed by atoms with Gasteiger partial charge < -0.3 is 4.57 Å². The molecule has 5 heteroatoms. The normalized spacial score (nSPS) is 11.6. The number of imidazole rings is 1. The smallest absolute Gasteiger partial charge is 0.193 e. The van der Waals surface area contributed by atoms with Crippen LogP contribution >= 0.6 is 11.3 Å². The predicted molar refractivity (Wildman–Crippen MR) is 74.1 cm³/mol. The summed E-state index contributed by atoms with van der Waals surface area (Å²) in [4.78, 5) is 5.53. The summed E-state index contributed by atoms with van der Waals surface area (Å²) in [6.45, 7) is 0.654. The standard InChI is InChI=1S/C14H10FN3S/c15-12-2-1-3-13-11(12)4-5-17(13)8-10-9-18-6-7-19-14(18)16-10/h1-7,9H,8H2. The van der Waals surface area contributed by atoms with E-state index in [1.54, 1.807) is 17.4 Å². The SMILES string of the molecule is Fc1cccc2c1ccn2Cc1cn2ccsc2n1. The first-order valence-electron chi connectivity index (χ1n) is 5.96. The van der Waals surface area contributed by atoms with Gasteiger partial charge >= 0.3 is 0 Å². The molecular formula is C14H10FN3S. The van der Waals surface area contributed by atoms with Crippen LogP contribution in [0.4, 0.5) is 4.39 Å². The van der Waals surface area contributed by atoms with Gasteiger partial charge in [0.2, 0.25) is 0 Å². The van der Waals surface area contributed by atoms with Gasteiger partial charge in [-0.1, -0.05) is 6.07 Å². The van der Waals surface area contributed by atoms with E-state index in [4.69, 9.17) is 0 Å². The van der Waals surface area contributed by atoms with Crippen LogP contribution in [0.1, 0.15) is 5.69 Å². The van der Waals surface area contributed by atoms with E-state index in [0.717, 1.165) is 16.2 Å². The molecule has 4 aromatic rings. The Hall–Kier alpha value is -2.14. The first-order valence-corrected chi connectivity index (χ1v) is 6.84. The van der Waals surface area contributed by atoms with E-state index in [9.17, 15) is 4.39 Å². The van der Waals surface area contributed by atoms with E-state index in [1.807, 2.05) is 45.1 Å². The number of thiazole rings is 1. The van der Waals surface area contributed by atoms with Gasteiger partial charge in [0, 0.05) is 29.4 Å². The number of hydrogen-bond acceptors (Lipinski definition) is 2. The lowest BCUT2D eigenvalue weighted by Crippen LogP contribution is -1.98. The lowest BCUT2D eigenvalue weighted by molar-refractivity contribution is 0.639. The third-order valence-corrected chi connectivity index (χ3v) is 4.01. The zero-order chi connectivity index (χ0) is 12.8. The Morgan fingerprint density at radius 3 is 3.05 bits per heavy atom. The van der Waals surface area contributed by atoms with E-state index >= 15 is 0 Å². The van der Waals surface area contributed by atoms with Gasteiger partial charge in [-0.05, 0) is 18.2 Å². The molecule has 0 saturated carbocycles. The zero-order valence-corrected chi connectivity index (χ0v) is 10.8. The number of benzene rings is 1. The number of rotatable bonds is 2. The molecule has 4 rings (SSSR count). The number of halogens is 1. The molecule has 0 N–H and O–H groups in total. The van der Waals surface area contributed by atoms with Gasteiger partial charge in [-0.3, -0.25) is 4.40 Å². The lowest BCUT2D eigenvalue weighted by atomic mass is 10.2. The summed E-state index contributed by atoms with van der Waals surface area (Å²) in [6.07, 6.45) is 5.90. The summed E-state index contributed by atoms with van der Waals surface area (Å²) >= 11 is 1.61. The highest BCUT2D eigenvalue weighted by molar-refractivity contribution is 7.15. The van der Waals surface area contributed by atoms with Crippen molar-refractivity contribution in [1.29, 1.82) is 0 Å². The molecule has 0 radical (unpaired) electrons. The first kappa shape index (κ1) is 10.8. The second-order valence-corrected chi connectivity index (χ2v) is 5.31. The lowest BCUT2D eigenvalue weighted by Gasteiger charge is -2.02. The van der Waals surface area contributed by atoms with Crippen molar-refractivity contribution >= 4 is 27.2 Å². The van der Waals surface area contributed by atoms with Gasteiger partial charge in [0.1, 0.15) is 5.82 Å². The molecule has 0 aliphatic rings. The van der Waals surface area contributed by atoms with E-state index in [0.29, 0.717) is 11.9 Å². The molecular weight excluding hydrogens is 261 g/mol. The molecule has 0 spiro atoms. The topological polar surface area (TPSA) is 22.2 Å². The summed E-state index contributed by atoms with van der Waals surface area (Å²) in [5, 5.41) is 2.66. The van der Waals surface area contributed by atoms with Crippen molar-refractivity contribution in [2.45, 2.75) is 6.54 Å². The van der Waals surface area contributed by atoms with Gasteiger partial charge in [-0.2, -0.15) is 0 Å². The molecule has 3 nitrogen and oxygen atoms in total. The highest BCUT2D eigenvalue weighted by Gasteiger charge is 2.08. The van der Waals surface area contributed by atoms with Crippen LogP contribution in [0.2, 0.25) is 0 Å². The van der Waals surface area contributed by atoms with Gasteiger partial charge in [0.05, 0.1) is 17.8 Å². The third kappa shape index (κ3) is 1.66. The van der Waals surface area contributed by atoms with Crippen LogP contribution in [0.15, 0.2) is 48.2 Å². The average Bonchev–Trinajstić information content (AvgIpc) is 3.05. The fourth-order valence-corrected chi connectivity index (χ4v) is 3.07. The van der Waals surface area contributed by atoms with Crippen molar-refractivity contribution in [3.8, 4) is 0 Å². The second-order valence-electron chi connectivity index (χ2n) is 4.44. The van der Waals surface area contributed by atoms with Gasteiger partial charge in [-0.25, -0.2) is 9.37 Å². The summed E-state index contributed by atoms with van der Waals surface area (Å²) in [5.74, 6) is -0.179. The molecule has 0 fully saturated rings. The minimum atomic E-state index is -0.179. The summed E-state index contributed by atoms with van der Waals surface area (Å²) in [5.41, 5.74) is 1.88. The van der Waals surface area contributed by atoms with Crippen LogP contribution in [0, 0.1) is 5.82 Å². The van der Waals surface area contributed by atoms with E-state index < -0.39 is 0 Å². The van der Waals surface area contributed by atoms with Crippen molar-refractivity contribution in [2.75, 3.05) is 0 Å². The quantitative estimate of drug-likeness (QED) is 0.546. The Morgan fingerprint density at radius 1 is 1.21 bits per heavy atom. The average molecular weight is 271 g/mol. The molecule has 0 aliphatic heterocycles. The monoisotopic (exact) mass is 271 g/mol. The number of hydrogen-bond donors (Lipinski definition) is 0. The minimum Gasteiger partial charge on any atom is -0.341 e. The van der Waals surface area contributed by atoms with Crippen LogP contribution in [0.25, 0.3) is 15.9 Å². The molecule has 3 heterocycles. The summed E-state index contributed by atoms with van der Waals surface area (Å²) < 4.78 is 17.6. The van der Waals surface area contributed by atoms with Crippen molar-refractivity contribution in [3.63, 3.8) is 0 Å². The largest absolute Gasteiger partial charge is 0.341 e. The third-order valence-electron chi connectivity index (χ3n) is 3.24. The van der Waals surface area contributed by atoms with E-state index in [2.05, 4.69) is 4.98 Å². The van der Waals surface area contributed by atoms with Crippen LogP contribution < -0.4 is 0 Å². The molecule has 0 aliphatic carbocycles. The predicted octanol–water partition coefficient (Wildman–Crippen LogP) is 3.54. The second kappa shape index (κ2) is 3.93. The summed E-state index contributed by atoms with van der Waals surface area (Å²) in [7, 11) is 0. The Bertz CT molecular complexity index is 843. The van der Waals surface area contributed by atoms with E-state index in [1.165, 1.54) is 6.07 Å². The van der Waals surface area contributed by atoms with Crippen LogP contribution in [0.3, 0.4) is 0 Å². The fraction of sp³-hybridized carbons (Fsp3) is 0.0714. The van der Waals surface area contributed by atoms with Crippen LogP contribution in [-0.2, 0) is 6.54 Å². The Balaban J connectivity index is 1.78. The highest BCUT2D eigenvalue weighted by atomic mass is 32.1. The maximum atomic E-state index is 13.6. The molecule has 0 atom stereocenters. The van der Waals surface area contributed by atoms with Gasteiger partial charge in [0.25, 0.3) is 0 Å². The minimum absolute atomic E-state index is 0.179. The molecule has 3 aromatic heterocycles. The Morgan fingerprint density at radius 2 is 2.16 bits per heavy atom. The highest BCUT2D eigenvalue weighted by Crippen LogP contribution is 2.20. The molecule has 0 unspecified atom stereocenters. The Kier molecular flexibility index (Phi) is 2.22. The molecule has 94 valence electrons.